The van der Waals surface area contributed by atoms with Crippen LogP contribution in [0.3, 0.4) is 0 Å². The highest BCUT2D eigenvalue weighted by atomic mass is 32.1. The first-order valence-corrected chi connectivity index (χ1v) is 1.85. The van der Waals surface area contributed by atoms with Gasteiger partial charge in [0.25, 0.3) is 0 Å². The number of thiocarbonyl (C=S) groups is 1. The summed E-state index contributed by atoms with van der Waals surface area (Å²) in [6, 6.07) is 0. The number of nitrogens with zero attached hydrogens (tertiary/aromatic N) is 1. The molecular formula is CH5N5S. The molecule has 0 aromatic rings. The van der Waals surface area contributed by atoms with Gasteiger partial charge in [0, 0.05) is 0 Å². The molecule has 6 heteroatoms. The highest BCUT2D eigenvalue weighted by molar-refractivity contribution is 7.80. The van der Waals surface area contributed by atoms with Crippen molar-refractivity contribution in [3.05, 3.63) is 0 Å². The molecule has 0 rings (SSSR count). The van der Waals surface area contributed by atoms with Gasteiger partial charge >= 0.3 is 0 Å². The summed E-state index contributed by atoms with van der Waals surface area (Å²) in [6.07, 6.45) is 0. The molecule has 0 aromatic heterocycles. The summed E-state index contributed by atoms with van der Waals surface area (Å²) in [5, 5.41) is 2.82. The predicted molar refractivity (Wildman–Crippen MR) is 28.2 cm³/mol. The summed E-state index contributed by atoms with van der Waals surface area (Å²) in [7, 11) is 0. The smallest absolute Gasteiger partial charge is 0.228 e. The molecule has 0 heterocycles. The average molecular weight is 119 g/mol. The first-order valence-electron chi connectivity index (χ1n) is 1.44. The second kappa shape index (κ2) is 3.59. The molecule has 0 saturated heterocycles. The van der Waals surface area contributed by atoms with E-state index < -0.39 is 0 Å². The number of hydrogen-bond donors (Lipinski definition) is 4. The van der Waals surface area contributed by atoms with Crippen LogP contribution in [-0.4, -0.2) is 5.11 Å². The molecule has 5 nitrogen and oxygen atoms in total. The van der Waals surface area contributed by atoms with E-state index in [0.29, 0.717) is 0 Å². The zero-order chi connectivity index (χ0) is 5.70. The van der Waals surface area contributed by atoms with Crippen molar-refractivity contribution in [1.29, 1.82) is 5.53 Å². The fourth-order valence-corrected chi connectivity index (χ4v) is 0.149. The summed E-state index contributed by atoms with van der Waals surface area (Å²) >= 11 is 4.35. The van der Waals surface area contributed by atoms with Gasteiger partial charge in [0.2, 0.25) is 5.11 Å². The lowest BCUT2D eigenvalue weighted by molar-refractivity contribution is 0.695. The van der Waals surface area contributed by atoms with Gasteiger partial charge in [-0.2, -0.15) is 5.53 Å². The van der Waals surface area contributed by atoms with E-state index in [1.165, 1.54) is 0 Å². The predicted octanol–water partition coefficient (Wildman–Crippen LogP) is -0.730. The van der Waals surface area contributed by atoms with Crippen LogP contribution in [-0.2, 0) is 0 Å². The average Bonchev–Trinajstić information content (AvgIpc) is 1.68. The lowest BCUT2D eigenvalue weighted by Crippen LogP contribution is -2.40. The Bertz CT molecular complexity index is 78.1. The van der Waals surface area contributed by atoms with Crippen LogP contribution < -0.4 is 16.8 Å². The van der Waals surface area contributed by atoms with E-state index in [1.807, 2.05) is 5.53 Å². The van der Waals surface area contributed by atoms with Crippen molar-refractivity contribution in [3.8, 4) is 0 Å². The van der Waals surface area contributed by atoms with Crippen LogP contribution in [0.1, 0.15) is 0 Å². The monoisotopic (exact) mass is 119 g/mol. The van der Waals surface area contributed by atoms with Gasteiger partial charge in [0.1, 0.15) is 0 Å². The van der Waals surface area contributed by atoms with E-state index in [-0.39, 0.29) is 5.11 Å². The number of nitrogens with two attached hydrogens (primary N) is 1. The Balaban J connectivity index is 3.17. The number of hydrogen-bond acceptors (Lipinski definition) is 4. The fraction of sp³-hybridized carbons (Fsp3) is 0. The van der Waals surface area contributed by atoms with Crippen LogP contribution >= 0.6 is 12.2 Å². The molecule has 0 aliphatic carbocycles. The maximum absolute atomic E-state index is 6.24. The molecule has 0 atom stereocenters. The van der Waals surface area contributed by atoms with Gasteiger partial charge in [0.05, 0.1) is 0 Å². The van der Waals surface area contributed by atoms with Gasteiger partial charge in [-0.05, 0) is 12.2 Å². The van der Waals surface area contributed by atoms with Crippen molar-refractivity contribution >= 4 is 17.3 Å². The number of nitrogens with one attached hydrogen (secondary N) is 3. The fourth-order valence-electron chi connectivity index (χ4n) is 0.0897. The summed E-state index contributed by atoms with van der Waals surface area (Å²) < 4.78 is 0. The van der Waals surface area contributed by atoms with Crippen LogP contribution in [0.25, 0.3) is 0 Å². The maximum atomic E-state index is 6.24. The molecular weight excluding hydrogens is 114 g/mol. The van der Waals surface area contributed by atoms with Gasteiger partial charge in [-0.3, -0.25) is 11.3 Å². The lowest BCUT2D eigenvalue weighted by atomic mass is 11.2. The SMILES string of the molecule is N=NC(=S)NNN. The Labute approximate surface area is 45.7 Å². The lowest BCUT2D eigenvalue weighted by Gasteiger charge is -1.94. The first-order chi connectivity index (χ1) is 3.31. The minimum absolute atomic E-state index is 0.0162. The van der Waals surface area contributed by atoms with Gasteiger partial charge in [-0.15, -0.1) is 5.11 Å². The topological polar surface area (TPSA) is 86.3 Å². The second-order valence-corrected chi connectivity index (χ2v) is 1.07. The van der Waals surface area contributed by atoms with E-state index in [4.69, 9.17) is 11.4 Å². The normalized spacial score (nSPS) is 7.57. The van der Waals surface area contributed by atoms with Crippen molar-refractivity contribution in [3.63, 3.8) is 0 Å². The van der Waals surface area contributed by atoms with E-state index >= 15 is 0 Å². The third-order valence-electron chi connectivity index (χ3n) is 0.281. The number of rotatable bonds is 1. The van der Waals surface area contributed by atoms with Gasteiger partial charge < -0.3 is 0 Å². The highest BCUT2D eigenvalue weighted by Gasteiger charge is 1.81. The van der Waals surface area contributed by atoms with Crippen molar-refractivity contribution in [2.24, 2.45) is 11.0 Å². The van der Waals surface area contributed by atoms with Gasteiger partial charge in [0.15, 0.2) is 0 Å². The molecule has 0 radical (unpaired) electrons. The quantitative estimate of drug-likeness (QED) is 0.159. The van der Waals surface area contributed by atoms with Crippen LogP contribution in [0.15, 0.2) is 5.11 Å². The van der Waals surface area contributed by atoms with Crippen LogP contribution in [0.4, 0.5) is 0 Å². The van der Waals surface area contributed by atoms with Crippen molar-refractivity contribution in [2.45, 2.75) is 0 Å². The minimum Gasteiger partial charge on any atom is -0.282 e. The summed E-state index contributed by atoms with van der Waals surface area (Å²) in [5.41, 5.74) is 10.5. The van der Waals surface area contributed by atoms with Crippen LogP contribution in [0, 0.1) is 5.53 Å². The van der Waals surface area contributed by atoms with Crippen LogP contribution in [0.2, 0.25) is 0 Å². The Morgan fingerprint density at radius 2 is 2.43 bits per heavy atom. The van der Waals surface area contributed by atoms with E-state index in [0.717, 1.165) is 0 Å². The van der Waals surface area contributed by atoms with E-state index in [9.17, 15) is 0 Å². The second-order valence-electron chi connectivity index (χ2n) is 0.686. The van der Waals surface area contributed by atoms with E-state index in [1.54, 1.807) is 0 Å². The molecule has 0 bridgehead atoms. The van der Waals surface area contributed by atoms with Crippen LogP contribution in [0.5, 0.6) is 0 Å². The molecule has 40 valence electrons. The molecule has 0 unspecified atom stereocenters. The summed E-state index contributed by atoms with van der Waals surface area (Å²) in [6.45, 7) is 0. The Hall–Kier alpha value is -0.590. The molecule has 0 spiro atoms. The summed E-state index contributed by atoms with van der Waals surface area (Å²) in [4.78, 5) is 0. The van der Waals surface area contributed by atoms with Crippen molar-refractivity contribution in [2.75, 3.05) is 0 Å². The Morgan fingerprint density at radius 3 is 2.57 bits per heavy atom. The zero-order valence-corrected chi connectivity index (χ0v) is 4.25. The molecule has 0 fully saturated rings. The van der Waals surface area contributed by atoms with E-state index in [2.05, 4.69) is 22.8 Å². The molecule has 5 N–H and O–H groups in total. The standard InChI is InChI=1S/CH5N5S/c2-4-1(7)5-6-3/h2,6H,3H2,(H,5,7). The van der Waals surface area contributed by atoms with Crippen molar-refractivity contribution < 1.29 is 0 Å². The Morgan fingerprint density at radius 1 is 1.86 bits per heavy atom. The van der Waals surface area contributed by atoms with Gasteiger partial charge in [-0.1, -0.05) is 0 Å². The Kier molecular flexibility index (Phi) is 3.29. The number of hydrazine groups is 2. The van der Waals surface area contributed by atoms with Crippen molar-refractivity contribution in [1.82, 2.24) is 11.0 Å². The third kappa shape index (κ3) is 3.23. The first kappa shape index (κ1) is 6.41. The maximum Gasteiger partial charge on any atom is 0.228 e. The molecule has 0 amide bonds. The zero-order valence-electron chi connectivity index (χ0n) is 3.43. The molecule has 7 heavy (non-hydrogen) atoms. The highest BCUT2D eigenvalue weighted by Crippen LogP contribution is 1.65. The van der Waals surface area contributed by atoms with Gasteiger partial charge in [-0.25, -0.2) is 5.53 Å². The molecule has 0 aliphatic heterocycles. The molecule has 0 saturated carbocycles. The molecule has 0 aromatic carbocycles. The third-order valence-corrected chi connectivity index (χ3v) is 0.474. The largest absolute Gasteiger partial charge is 0.282 e. The molecule has 0 aliphatic rings. The minimum atomic E-state index is 0.0162. The summed E-state index contributed by atoms with van der Waals surface area (Å²) in [5.74, 6) is 4.71.